The summed E-state index contributed by atoms with van der Waals surface area (Å²) >= 11 is 5.92. The lowest BCUT2D eigenvalue weighted by molar-refractivity contribution is -0.119. The summed E-state index contributed by atoms with van der Waals surface area (Å²) in [6.07, 6.45) is 1.77. The van der Waals surface area contributed by atoms with Gasteiger partial charge in [0.25, 0.3) is 5.56 Å². The number of hydrogen-bond acceptors (Lipinski definition) is 5. The third-order valence-corrected chi connectivity index (χ3v) is 7.26. The molecule has 1 aliphatic heterocycles. The van der Waals surface area contributed by atoms with Gasteiger partial charge in [0.15, 0.2) is 5.82 Å². The number of benzene rings is 2. The van der Waals surface area contributed by atoms with Gasteiger partial charge in [0.1, 0.15) is 5.82 Å². The number of hydrogen-bond donors (Lipinski definition) is 4. The molecule has 4 N–H and O–H groups in total. The van der Waals surface area contributed by atoms with E-state index in [1.165, 1.54) is 29.1 Å². The van der Waals surface area contributed by atoms with Gasteiger partial charge in [0, 0.05) is 34.5 Å². The first kappa shape index (κ1) is 27.1. The maximum atomic E-state index is 14.6. The number of amides is 2. The Morgan fingerprint density at radius 2 is 1.98 bits per heavy atom. The predicted molar refractivity (Wildman–Crippen MR) is 149 cm³/mol. The van der Waals surface area contributed by atoms with Crippen LogP contribution in [0, 0.1) is 18.7 Å². The van der Waals surface area contributed by atoms with E-state index >= 15 is 0 Å². The molecule has 2 aromatic heterocycles. The standard InChI is InChI=1S/C28H26ClFN6O4/c1-14-5-3-8-22(36-13-31-20(12-23(36)37)17-6-4-7-19(29)24(17)30)26-32-15(2)25(35-26)18-10-9-16(33-28(39)40)11-21(18)34-27(14)38/h4,6-7,9-14,22,33H,3,5,8H2,1-2H3,(H,32,35)(H,34,38)(H,39,40)/t14-,22+/m1/s1. The number of nitrogens with one attached hydrogen (secondary N) is 3. The molecule has 12 heteroatoms. The van der Waals surface area contributed by atoms with Crippen LogP contribution in [0.1, 0.15) is 43.7 Å². The average molecular weight is 565 g/mol. The molecular formula is C28H26ClFN6O4. The van der Waals surface area contributed by atoms with Crippen LogP contribution in [0.4, 0.5) is 20.6 Å². The molecular weight excluding hydrogens is 539 g/mol. The van der Waals surface area contributed by atoms with Crippen molar-refractivity contribution in [2.24, 2.45) is 5.92 Å². The molecule has 3 heterocycles. The number of carbonyl (C=O) groups excluding carboxylic acids is 1. The normalized spacial score (nSPS) is 17.2. The summed E-state index contributed by atoms with van der Waals surface area (Å²) in [5, 5.41) is 14.3. The van der Waals surface area contributed by atoms with Gasteiger partial charge < -0.3 is 15.4 Å². The van der Waals surface area contributed by atoms with Crippen molar-refractivity contribution in [3.63, 3.8) is 0 Å². The SMILES string of the molecule is Cc1[nH]c2nc1-c1ccc(NC(=O)O)cc1NC(=O)[C@H](C)CCC[C@@H]2n1cnc(-c2cccc(Cl)c2F)cc1=O. The Kier molecular flexibility index (Phi) is 7.40. The van der Waals surface area contributed by atoms with Crippen molar-refractivity contribution in [1.29, 1.82) is 0 Å². The molecule has 4 aromatic rings. The van der Waals surface area contributed by atoms with Crippen LogP contribution >= 0.6 is 11.6 Å². The predicted octanol–water partition coefficient (Wildman–Crippen LogP) is 5.84. The van der Waals surface area contributed by atoms with Gasteiger partial charge in [-0.3, -0.25) is 19.5 Å². The van der Waals surface area contributed by atoms with Gasteiger partial charge in [-0.05, 0) is 50.1 Å². The number of aryl methyl sites for hydroxylation is 1. The van der Waals surface area contributed by atoms with Crippen molar-refractivity contribution < 1.29 is 19.1 Å². The first-order valence-electron chi connectivity index (χ1n) is 12.7. The first-order chi connectivity index (χ1) is 19.1. The molecule has 0 radical (unpaired) electrons. The molecule has 0 aliphatic carbocycles. The van der Waals surface area contributed by atoms with Gasteiger partial charge in [-0.15, -0.1) is 0 Å². The monoisotopic (exact) mass is 564 g/mol. The summed E-state index contributed by atoms with van der Waals surface area (Å²) in [5.74, 6) is -0.698. The molecule has 2 bridgehead atoms. The van der Waals surface area contributed by atoms with E-state index in [1.54, 1.807) is 24.3 Å². The molecule has 0 spiro atoms. The van der Waals surface area contributed by atoms with Crippen LogP contribution in [0.2, 0.25) is 5.02 Å². The highest BCUT2D eigenvalue weighted by Gasteiger charge is 2.25. The molecule has 1 aliphatic rings. The Balaban J connectivity index is 1.60. The van der Waals surface area contributed by atoms with E-state index in [1.807, 2.05) is 13.8 Å². The van der Waals surface area contributed by atoms with Crippen LogP contribution in [-0.4, -0.2) is 36.6 Å². The van der Waals surface area contributed by atoms with E-state index in [-0.39, 0.29) is 28.1 Å². The van der Waals surface area contributed by atoms with Crippen LogP contribution in [0.15, 0.2) is 53.6 Å². The van der Waals surface area contributed by atoms with E-state index in [4.69, 9.17) is 21.7 Å². The molecule has 0 unspecified atom stereocenters. The van der Waals surface area contributed by atoms with Gasteiger partial charge in [-0.1, -0.05) is 31.0 Å². The number of carbonyl (C=O) groups is 2. The number of imidazole rings is 1. The van der Waals surface area contributed by atoms with Crippen LogP contribution in [0.3, 0.4) is 0 Å². The summed E-state index contributed by atoms with van der Waals surface area (Å²) in [7, 11) is 0. The fourth-order valence-corrected chi connectivity index (χ4v) is 5.04. The second-order valence-electron chi connectivity index (χ2n) is 9.74. The van der Waals surface area contributed by atoms with Crippen molar-refractivity contribution in [1.82, 2.24) is 19.5 Å². The summed E-state index contributed by atoms with van der Waals surface area (Å²) < 4.78 is 16.0. The van der Waals surface area contributed by atoms with Crippen LogP contribution < -0.4 is 16.2 Å². The van der Waals surface area contributed by atoms with Crippen molar-refractivity contribution in [2.75, 3.05) is 10.6 Å². The molecule has 0 saturated carbocycles. The quantitative estimate of drug-likeness (QED) is 0.246. The first-order valence-corrected chi connectivity index (χ1v) is 13.0. The van der Waals surface area contributed by atoms with Gasteiger partial charge in [-0.25, -0.2) is 19.2 Å². The molecule has 40 heavy (non-hydrogen) atoms. The van der Waals surface area contributed by atoms with E-state index in [2.05, 4.69) is 20.6 Å². The summed E-state index contributed by atoms with van der Waals surface area (Å²) in [6.45, 7) is 3.64. The highest BCUT2D eigenvalue weighted by Crippen LogP contribution is 2.35. The average Bonchev–Trinajstić information content (AvgIpc) is 3.28. The van der Waals surface area contributed by atoms with Gasteiger partial charge in [0.2, 0.25) is 5.91 Å². The Morgan fingerprint density at radius 1 is 1.18 bits per heavy atom. The van der Waals surface area contributed by atoms with Crippen molar-refractivity contribution in [3.05, 3.63) is 81.5 Å². The van der Waals surface area contributed by atoms with Crippen LogP contribution in [0.25, 0.3) is 22.5 Å². The fourth-order valence-electron chi connectivity index (χ4n) is 4.86. The molecule has 0 fully saturated rings. The Hall–Kier alpha value is -4.51. The minimum Gasteiger partial charge on any atom is -0.465 e. The minimum atomic E-state index is -1.22. The molecule has 0 saturated heterocycles. The second kappa shape index (κ2) is 10.9. The van der Waals surface area contributed by atoms with E-state index in [0.29, 0.717) is 53.4 Å². The lowest BCUT2D eigenvalue weighted by Crippen LogP contribution is -2.27. The third-order valence-electron chi connectivity index (χ3n) is 6.96. The number of aromatic nitrogens is 4. The zero-order valence-electron chi connectivity index (χ0n) is 21.7. The number of aromatic amines is 1. The van der Waals surface area contributed by atoms with E-state index in [9.17, 15) is 18.8 Å². The number of halogens is 2. The molecule has 206 valence electrons. The van der Waals surface area contributed by atoms with Crippen molar-refractivity contribution >= 4 is 35.0 Å². The number of fused-ring (bicyclic) bond motifs is 4. The zero-order valence-corrected chi connectivity index (χ0v) is 22.4. The Bertz CT molecular complexity index is 1680. The largest absolute Gasteiger partial charge is 0.465 e. The molecule has 5 rings (SSSR count). The van der Waals surface area contributed by atoms with E-state index in [0.717, 1.165) is 0 Å². The van der Waals surface area contributed by atoms with Crippen LogP contribution in [0.5, 0.6) is 0 Å². The molecule has 2 atom stereocenters. The zero-order chi connectivity index (χ0) is 28.6. The Morgan fingerprint density at radius 3 is 2.73 bits per heavy atom. The number of nitrogens with zero attached hydrogens (tertiary/aromatic N) is 3. The van der Waals surface area contributed by atoms with Gasteiger partial charge in [-0.2, -0.15) is 0 Å². The fraction of sp³-hybridized carbons (Fsp3) is 0.250. The summed E-state index contributed by atoms with van der Waals surface area (Å²) in [6, 6.07) is 10.1. The third kappa shape index (κ3) is 5.32. The summed E-state index contributed by atoms with van der Waals surface area (Å²) in [4.78, 5) is 50.0. The van der Waals surface area contributed by atoms with Crippen molar-refractivity contribution in [2.45, 2.75) is 39.2 Å². The summed E-state index contributed by atoms with van der Waals surface area (Å²) in [5.41, 5.74) is 2.43. The lowest BCUT2D eigenvalue weighted by Gasteiger charge is -2.20. The Labute approximate surface area is 233 Å². The highest BCUT2D eigenvalue weighted by atomic mass is 35.5. The van der Waals surface area contributed by atoms with E-state index < -0.39 is 23.5 Å². The minimum absolute atomic E-state index is 0.0642. The maximum Gasteiger partial charge on any atom is 0.409 e. The number of carboxylic acid groups (broad SMARTS) is 1. The van der Waals surface area contributed by atoms with Gasteiger partial charge in [0.05, 0.1) is 34.5 Å². The lowest BCUT2D eigenvalue weighted by atomic mass is 9.99. The number of rotatable bonds is 3. The second-order valence-corrected chi connectivity index (χ2v) is 10.2. The molecule has 10 nitrogen and oxygen atoms in total. The highest BCUT2D eigenvalue weighted by molar-refractivity contribution is 6.31. The van der Waals surface area contributed by atoms with Crippen molar-refractivity contribution in [3.8, 4) is 22.5 Å². The number of anilines is 2. The molecule has 2 aromatic carbocycles. The topological polar surface area (TPSA) is 142 Å². The smallest absolute Gasteiger partial charge is 0.409 e. The van der Waals surface area contributed by atoms with Crippen LogP contribution in [-0.2, 0) is 4.79 Å². The maximum absolute atomic E-state index is 14.6. The number of H-pyrrole nitrogens is 1. The van der Waals surface area contributed by atoms with Gasteiger partial charge >= 0.3 is 6.09 Å². The molecule has 2 amide bonds.